The molecular formula is C17H17NO2. The summed E-state index contributed by atoms with van der Waals surface area (Å²) in [5, 5.41) is 12.9. The highest BCUT2D eigenvalue weighted by molar-refractivity contribution is 5.85. The van der Waals surface area contributed by atoms with Gasteiger partial charge < -0.3 is 10.4 Å². The molecule has 0 saturated carbocycles. The molecule has 3 heteroatoms. The first-order chi connectivity index (χ1) is 9.59. The minimum Gasteiger partial charge on any atom is -0.479 e. The Labute approximate surface area is 118 Å². The number of aliphatic carboxylic acids is 1. The van der Waals surface area contributed by atoms with Crippen molar-refractivity contribution in [1.29, 1.82) is 0 Å². The van der Waals surface area contributed by atoms with E-state index in [2.05, 4.69) is 5.32 Å². The van der Waals surface area contributed by atoms with Gasteiger partial charge in [0.05, 0.1) is 0 Å². The van der Waals surface area contributed by atoms with Crippen LogP contribution in [0.2, 0.25) is 0 Å². The first-order valence-corrected chi connectivity index (χ1v) is 6.74. The Bertz CT molecular complexity index is 621. The molecule has 1 aliphatic carbocycles. The van der Waals surface area contributed by atoms with Crippen molar-refractivity contribution in [1.82, 2.24) is 0 Å². The molecule has 0 saturated heterocycles. The number of hydrogen-bond acceptors (Lipinski definition) is 2. The van der Waals surface area contributed by atoms with Crippen LogP contribution in [0, 0.1) is 6.92 Å². The van der Waals surface area contributed by atoms with E-state index in [0.29, 0.717) is 12.8 Å². The number of aryl methyl sites for hydroxylation is 1. The van der Waals surface area contributed by atoms with Crippen LogP contribution in [0.5, 0.6) is 0 Å². The standard InChI is InChI=1S/C17H17NO2/c1-12-6-8-15(9-7-12)18-17(16(19)20)10-13-4-2-3-5-14(13)11-17/h2-9,18H,10-11H2,1H3,(H,19,20). The Kier molecular flexibility index (Phi) is 2.97. The van der Waals surface area contributed by atoms with Crippen molar-refractivity contribution in [2.24, 2.45) is 0 Å². The number of fused-ring (bicyclic) bond motifs is 1. The Morgan fingerprint density at radius 3 is 2.10 bits per heavy atom. The highest BCUT2D eigenvalue weighted by atomic mass is 16.4. The van der Waals surface area contributed by atoms with E-state index in [9.17, 15) is 9.90 Å². The molecule has 0 aromatic heterocycles. The molecule has 3 nitrogen and oxygen atoms in total. The molecule has 2 aromatic rings. The summed E-state index contributed by atoms with van der Waals surface area (Å²) >= 11 is 0. The number of nitrogens with one attached hydrogen (secondary N) is 1. The molecule has 0 amide bonds. The zero-order valence-corrected chi connectivity index (χ0v) is 11.4. The van der Waals surface area contributed by atoms with Crippen LogP contribution in [0.1, 0.15) is 16.7 Å². The monoisotopic (exact) mass is 267 g/mol. The van der Waals surface area contributed by atoms with E-state index in [1.165, 1.54) is 0 Å². The number of carboxylic acids is 1. The average Bonchev–Trinajstić information content (AvgIpc) is 2.81. The van der Waals surface area contributed by atoms with Crippen molar-refractivity contribution in [2.45, 2.75) is 25.3 Å². The van der Waals surface area contributed by atoms with Crippen molar-refractivity contribution in [3.05, 3.63) is 65.2 Å². The molecule has 0 radical (unpaired) electrons. The lowest BCUT2D eigenvalue weighted by atomic mass is 9.95. The summed E-state index contributed by atoms with van der Waals surface area (Å²) in [6.45, 7) is 2.02. The highest BCUT2D eigenvalue weighted by Crippen LogP contribution is 2.33. The Morgan fingerprint density at radius 1 is 1.05 bits per heavy atom. The number of hydrogen-bond donors (Lipinski definition) is 2. The van der Waals surface area contributed by atoms with Gasteiger partial charge in [-0.05, 0) is 30.2 Å². The molecule has 0 atom stereocenters. The third-order valence-corrected chi connectivity index (χ3v) is 3.95. The van der Waals surface area contributed by atoms with Crippen molar-refractivity contribution in [2.75, 3.05) is 5.32 Å². The second-order valence-electron chi connectivity index (χ2n) is 5.50. The van der Waals surface area contributed by atoms with E-state index in [0.717, 1.165) is 22.4 Å². The Hall–Kier alpha value is -2.29. The number of rotatable bonds is 3. The Morgan fingerprint density at radius 2 is 1.60 bits per heavy atom. The molecule has 0 heterocycles. The average molecular weight is 267 g/mol. The molecule has 1 aliphatic rings. The van der Waals surface area contributed by atoms with Gasteiger partial charge in [-0.2, -0.15) is 0 Å². The van der Waals surface area contributed by atoms with Gasteiger partial charge in [0.1, 0.15) is 5.54 Å². The lowest BCUT2D eigenvalue weighted by Gasteiger charge is -2.26. The largest absolute Gasteiger partial charge is 0.479 e. The minimum absolute atomic E-state index is 0.520. The molecule has 3 rings (SSSR count). The quantitative estimate of drug-likeness (QED) is 0.898. The first kappa shape index (κ1) is 12.7. The van der Waals surface area contributed by atoms with Gasteiger partial charge >= 0.3 is 5.97 Å². The fourth-order valence-corrected chi connectivity index (χ4v) is 2.82. The van der Waals surface area contributed by atoms with Gasteiger partial charge in [0.25, 0.3) is 0 Å². The summed E-state index contributed by atoms with van der Waals surface area (Å²) in [6.07, 6.45) is 1.04. The fraction of sp³-hybridized carbons (Fsp3) is 0.235. The maximum atomic E-state index is 11.8. The lowest BCUT2D eigenvalue weighted by molar-refractivity contribution is -0.142. The SMILES string of the molecule is Cc1ccc(NC2(C(=O)O)Cc3ccccc3C2)cc1. The number of carboxylic acid groups (broad SMARTS) is 1. The summed E-state index contributed by atoms with van der Waals surface area (Å²) < 4.78 is 0. The van der Waals surface area contributed by atoms with Gasteiger partial charge in [-0.1, -0.05) is 42.0 Å². The maximum Gasteiger partial charge on any atom is 0.330 e. The zero-order valence-electron chi connectivity index (χ0n) is 11.4. The molecule has 2 N–H and O–H groups in total. The topological polar surface area (TPSA) is 49.3 Å². The van der Waals surface area contributed by atoms with Crippen LogP contribution in [0.25, 0.3) is 0 Å². The Balaban J connectivity index is 1.92. The van der Waals surface area contributed by atoms with Crippen LogP contribution in [0.15, 0.2) is 48.5 Å². The van der Waals surface area contributed by atoms with Gasteiger partial charge in [-0.3, -0.25) is 0 Å². The van der Waals surface area contributed by atoms with E-state index in [-0.39, 0.29) is 0 Å². The third kappa shape index (κ3) is 2.16. The number of benzene rings is 2. The van der Waals surface area contributed by atoms with Gasteiger partial charge in [0, 0.05) is 18.5 Å². The summed E-state index contributed by atoms with van der Waals surface area (Å²) in [5.74, 6) is -0.797. The number of anilines is 1. The lowest BCUT2D eigenvalue weighted by Crippen LogP contribution is -2.47. The minimum atomic E-state index is -0.932. The smallest absolute Gasteiger partial charge is 0.330 e. The molecule has 0 unspecified atom stereocenters. The van der Waals surface area contributed by atoms with Crippen LogP contribution < -0.4 is 5.32 Å². The van der Waals surface area contributed by atoms with Crippen molar-refractivity contribution < 1.29 is 9.90 Å². The molecule has 102 valence electrons. The predicted molar refractivity (Wildman–Crippen MR) is 79.0 cm³/mol. The van der Waals surface area contributed by atoms with Crippen molar-refractivity contribution >= 4 is 11.7 Å². The highest BCUT2D eigenvalue weighted by Gasteiger charge is 2.44. The van der Waals surface area contributed by atoms with Crippen LogP contribution in [0.3, 0.4) is 0 Å². The molecule has 0 fully saturated rings. The van der Waals surface area contributed by atoms with E-state index in [1.807, 2.05) is 55.5 Å². The van der Waals surface area contributed by atoms with Gasteiger partial charge in [-0.25, -0.2) is 4.79 Å². The molecule has 0 bridgehead atoms. The van der Waals surface area contributed by atoms with E-state index >= 15 is 0 Å². The van der Waals surface area contributed by atoms with Crippen LogP contribution in [-0.4, -0.2) is 16.6 Å². The normalized spacial score (nSPS) is 15.7. The molecule has 0 aliphatic heterocycles. The zero-order chi connectivity index (χ0) is 14.2. The van der Waals surface area contributed by atoms with Crippen LogP contribution in [-0.2, 0) is 17.6 Å². The fourth-order valence-electron chi connectivity index (χ4n) is 2.82. The van der Waals surface area contributed by atoms with E-state index in [4.69, 9.17) is 0 Å². The predicted octanol–water partition coefficient (Wildman–Crippen LogP) is 3.03. The first-order valence-electron chi connectivity index (χ1n) is 6.74. The summed E-state index contributed by atoms with van der Waals surface area (Å²) in [4.78, 5) is 11.8. The van der Waals surface area contributed by atoms with Gasteiger partial charge in [0.2, 0.25) is 0 Å². The summed E-state index contributed by atoms with van der Waals surface area (Å²) in [7, 11) is 0. The molecular weight excluding hydrogens is 250 g/mol. The van der Waals surface area contributed by atoms with Gasteiger partial charge in [-0.15, -0.1) is 0 Å². The molecule has 2 aromatic carbocycles. The van der Waals surface area contributed by atoms with E-state index < -0.39 is 11.5 Å². The maximum absolute atomic E-state index is 11.8. The summed E-state index contributed by atoms with van der Waals surface area (Å²) in [5.41, 5.74) is 3.32. The molecule has 20 heavy (non-hydrogen) atoms. The third-order valence-electron chi connectivity index (χ3n) is 3.95. The van der Waals surface area contributed by atoms with Crippen LogP contribution >= 0.6 is 0 Å². The second-order valence-corrected chi connectivity index (χ2v) is 5.50. The van der Waals surface area contributed by atoms with E-state index in [1.54, 1.807) is 0 Å². The van der Waals surface area contributed by atoms with Crippen molar-refractivity contribution in [3.8, 4) is 0 Å². The van der Waals surface area contributed by atoms with Crippen LogP contribution in [0.4, 0.5) is 5.69 Å². The number of carbonyl (C=O) groups is 1. The van der Waals surface area contributed by atoms with Crippen molar-refractivity contribution in [3.63, 3.8) is 0 Å². The second kappa shape index (κ2) is 4.67. The molecule has 0 spiro atoms. The summed E-state index contributed by atoms with van der Waals surface area (Å²) in [6, 6.07) is 15.8. The van der Waals surface area contributed by atoms with Gasteiger partial charge in [0.15, 0.2) is 0 Å².